The highest BCUT2D eigenvalue weighted by molar-refractivity contribution is 5.85. The first-order valence-corrected chi connectivity index (χ1v) is 6.39. The smallest absolute Gasteiger partial charge is 0.239 e. The Morgan fingerprint density at radius 1 is 1.53 bits per heavy atom. The fourth-order valence-corrected chi connectivity index (χ4v) is 2.50. The third-order valence-electron chi connectivity index (χ3n) is 3.64. The average Bonchev–Trinajstić information content (AvgIpc) is 2.87. The molecule has 2 fully saturated rings. The lowest BCUT2D eigenvalue weighted by atomic mass is 10.0. The van der Waals surface area contributed by atoms with Crippen LogP contribution in [0.25, 0.3) is 0 Å². The van der Waals surface area contributed by atoms with Crippen molar-refractivity contribution in [2.75, 3.05) is 26.2 Å². The van der Waals surface area contributed by atoms with Crippen molar-refractivity contribution in [2.24, 2.45) is 0 Å². The Morgan fingerprint density at radius 2 is 2.35 bits per heavy atom. The third kappa shape index (κ3) is 3.19. The molecular formula is C12H21N3O2. The summed E-state index contributed by atoms with van der Waals surface area (Å²) >= 11 is 0. The molecule has 2 amide bonds. The van der Waals surface area contributed by atoms with E-state index in [2.05, 4.69) is 17.6 Å². The molecule has 2 aliphatic heterocycles. The van der Waals surface area contributed by atoms with E-state index < -0.39 is 0 Å². The monoisotopic (exact) mass is 239 g/mol. The molecule has 2 heterocycles. The van der Waals surface area contributed by atoms with Crippen LogP contribution < -0.4 is 10.6 Å². The van der Waals surface area contributed by atoms with Crippen LogP contribution in [-0.4, -0.2) is 48.4 Å². The molecule has 0 aromatic heterocycles. The molecule has 0 bridgehead atoms. The molecular weight excluding hydrogens is 218 g/mol. The second-order valence-electron chi connectivity index (χ2n) is 5.29. The predicted octanol–water partition coefficient (Wildman–Crippen LogP) is -0.133. The quantitative estimate of drug-likeness (QED) is 0.718. The minimum atomic E-state index is -0.0461. The van der Waals surface area contributed by atoms with Crippen molar-refractivity contribution < 1.29 is 9.59 Å². The van der Waals surface area contributed by atoms with E-state index in [1.165, 1.54) is 0 Å². The number of carbonyl (C=O) groups is 2. The Hall–Kier alpha value is -1.10. The number of amides is 2. The second-order valence-corrected chi connectivity index (χ2v) is 5.29. The number of nitrogens with one attached hydrogen (secondary N) is 2. The molecule has 2 aliphatic rings. The van der Waals surface area contributed by atoms with Gasteiger partial charge in [0.1, 0.15) is 0 Å². The summed E-state index contributed by atoms with van der Waals surface area (Å²) in [6.45, 7) is 4.74. The zero-order chi connectivity index (χ0) is 12.3. The van der Waals surface area contributed by atoms with Gasteiger partial charge < -0.3 is 15.5 Å². The summed E-state index contributed by atoms with van der Waals surface area (Å²) in [5, 5.41) is 6.31. The summed E-state index contributed by atoms with van der Waals surface area (Å²) in [5.74, 6) is 0.0560. The maximum atomic E-state index is 11.7. The first-order chi connectivity index (χ1) is 8.09. The van der Waals surface area contributed by atoms with Crippen molar-refractivity contribution in [3.05, 3.63) is 0 Å². The Balaban J connectivity index is 1.72. The molecule has 5 nitrogen and oxygen atoms in total. The van der Waals surface area contributed by atoms with Crippen molar-refractivity contribution in [1.82, 2.24) is 15.5 Å². The highest BCUT2D eigenvalue weighted by Gasteiger charge is 2.29. The van der Waals surface area contributed by atoms with Gasteiger partial charge in [0.15, 0.2) is 0 Å². The van der Waals surface area contributed by atoms with E-state index in [1.807, 2.05) is 0 Å². The van der Waals surface area contributed by atoms with Crippen LogP contribution in [0.1, 0.15) is 32.6 Å². The molecule has 0 spiro atoms. The SMILES string of the molecule is CC1(CNC(=O)CN2CCCC2=O)CCCN1. The molecule has 17 heavy (non-hydrogen) atoms. The van der Waals surface area contributed by atoms with Gasteiger partial charge in [-0.1, -0.05) is 0 Å². The van der Waals surface area contributed by atoms with Gasteiger partial charge in [-0.3, -0.25) is 9.59 Å². The van der Waals surface area contributed by atoms with Crippen LogP contribution in [-0.2, 0) is 9.59 Å². The number of nitrogens with zero attached hydrogens (tertiary/aromatic N) is 1. The summed E-state index contributed by atoms with van der Waals surface area (Å²) in [5.41, 5.74) is 0.0324. The van der Waals surface area contributed by atoms with Crippen molar-refractivity contribution in [3.63, 3.8) is 0 Å². The van der Waals surface area contributed by atoms with Gasteiger partial charge in [0, 0.05) is 25.0 Å². The molecule has 5 heteroatoms. The first kappa shape index (κ1) is 12.4. The second kappa shape index (κ2) is 5.04. The van der Waals surface area contributed by atoms with Crippen LogP contribution in [0.2, 0.25) is 0 Å². The number of hydrogen-bond donors (Lipinski definition) is 2. The van der Waals surface area contributed by atoms with Gasteiger partial charge in [-0.2, -0.15) is 0 Å². The molecule has 0 aromatic rings. The normalized spacial score (nSPS) is 28.8. The van der Waals surface area contributed by atoms with E-state index in [4.69, 9.17) is 0 Å². The molecule has 0 radical (unpaired) electrons. The number of carbonyl (C=O) groups excluding carboxylic acids is 2. The van der Waals surface area contributed by atoms with Crippen molar-refractivity contribution in [3.8, 4) is 0 Å². The minimum Gasteiger partial charge on any atom is -0.353 e. The molecule has 0 aliphatic carbocycles. The number of rotatable bonds is 4. The Kier molecular flexibility index (Phi) is 3.66. The molecule has 0 aromatic carbocycles. The Labute approximate surface area is 102 Å². The van der Waals surface area contributed by atoms with Crippen LogP contribution in [0.4, 0.5) is 0 Å². The van der Waals surface area contributed by atoms with Gasteiger partial charge in [0.05, 0.1) is 6.54 Å². The van der Waals surface area contributed by atoms with Gasteiger partial charge in [-0.25, -0.2) is 0 Å². The van der Waals surface area contributed by atoms with Crippen molar-refractivity contribution in [1.29, 1.82) is 0 Å². The van der Waals surface area contributed by atoms with Crippen LogP contribution in [0, 0.1) is 0 Å². The molecule has 0 saturated carbocycles. The van der Waals surface area contributed by atoms with Gasteiger partial charge in [-0.05, 0) is 32.7 Å². The predicted molar refractivity (Wildman–Crippen MR) is 64.5 cm³/mol. The standard InChI is InChI=1S/C12H21N3O2/c1-12(5-3-6-14-12)9-13-10(16)8-15-7-2-4-11(15)17/h14H,2-9H2,1H3,(H,13,16). The highest BCUT2D eigenvalue weighted by atomic mass is 16.2. The lowest BCUT2D eigenvalue weighted by Gasteiger charge is -2.25. The molecule has 1 atom stereocenters. The summed E-state index contributed by atoms with van der Waals surface area (Å²) < 4.78 is 0. The zero-order valence-electron chi connectivity index (χ0n) is 10.4. The van der Waals surface area contributed by atoms with E-state index >= 15 is 0 Å². The average molecular weight is 239 g/mol. The maximum Gasteiger partial charge on any atom is 0.239 e. The van der Waals surface area contributed by atoms with Crippen LogP contribution >= 0.6 is 0 Å². The molecule has 2 saturated heterocycles. The van der Waals surface area contributed by atoms with Crippen LogP contribution in [0.15, 0.2) is 0 Å². The van der Waals surface area contributed by atoms with E-state index in [1.54, 1.807) is 4.90 Å². The van der Waals surface area contributed by atoms with Gasteiger partial charge in [-0.15, -0.1) is 0 Å². The van der Waals surface area contributed by atoms with E-state index in [-0.39, 0.29) is 23.9 Å². The minimum absolute atomic E-state index is 0.0324. The van der Waals surface area contributed by atoms with E-state index in [0.717, 1.165) is 32.4 Å². The van der Waals surface area contributed by atoms with Crippen molar-refractivity contribution >= 4 is 11.8 Å². The fraction of sp³-hybridized carbons (Fsp3) is 0.833. The van der Waals surface area contributed by atoms with Crippen LogP contribution in [0.3, 0.4) is 0 Å². The number of hydrogen-bond acceptors (Lipinski definition) is 3. The van der Waals surface area contributed by atoms with E-state index in [9.17, 15) is 9.59 Å². The lowest BCUT2D eigenvalue weighted by molar-refractivity contribution is -0.133. The van der Waals surface area contributed by atoms with Gasteiger partial charge in [0.25, 0.3) is 0 Å². The van der Waals surface area contributed by atoms with Gasteiger partial charge in [0.2, 0.25) is 11.8 Å². The largest absolute Gasteiger partial charge is 0.353 e. The molecule has 1 unspecified atom stereocenters. The number of likely N-dealkylation sites (tertiary alicyclic amines) is 1. The van der Waals surface area contributed by atoms with Gasteiger partial charge >= 0.3 is 0 Å². The summed E-state index contributed by atoms with van der Waals surface area (Å²) in [6, 6.07) is 0. The molecule has 96 valence electrons. The van der Waals surface area contributed by atoms with E-state index in [0.29, 0.717) is 13.0 Å². The van der Waals surface area contributed by atoms with Crippen molar-refractivity contribution in [2.45, 2.75) is 38.1 Å². The summed E-state index contributed by atoms with van der Waals surface area (Å²) in [4.78, 5) is 24.7. The lowest BCUT2D eigenvalue weighted by Crippen LogP contribution is -2.49. The zero-order valence-corrected chi connectivity index (χ0v) is 10.4. The molecule has 2 N–H and O–H groups in total. The Morgan fingerprint density at radius 3 is 2.94 bits per heavy atom. The highest BCUT2D eigenvalue weighted by Crippen LogP contribution is 2.17. The summed E-state index contributed by atoms with van der Waals surface area (Å²) in [7, 11) is 0. The maximum absolute atomic E-state index is 11.7. The first-order valence-electron chi connectivity index (χ1n) is 6.39. The fourth-order valence-electron chi connectivity index (χ4n) is 2.50. The van der Waals surface area contributed by atoms with Crippen LogP contribution in [0.5, 0.6) is 0 Å². The summed E-state index contributed by atoms with van der Waals surface area (Å²) in [6.07, 6.45) is 3.73. The Bertz CT molecular complexity index is 311. The third-order valence-corrected chi connectivity index (χ3v) is 3.64. The topological polar surface area (TPSA) is 61.4 Å². The molecule has 2 rings (SSSR count).